The summed E-state index contributed by atoms with van der Waals surface area (Å²) in [7, 11) is 1.32. The van der Waals surface area contributed by atoms with Crippen molar-refractivity contribution in [2.24, 2.45) is 0 Å². The van der Waals surface area contributed by atoms with E-state index in [1.165, 1.54) is 7.11 Å². The summed E-state index contributed by atoms with van der Waals surface area (Å²) in [6.45, 7) is 2.57. The first-order valence-corrected chi connectivity index (χ1v) is 9.04. The van der Waals surface area contributed by atoms with Crippen LogP contribution in [0.3, 0.4) is 0 Å². The molecule has 1 saturated heterocycles. The molecule has 1 amide bonds. The molecule has 142 valence electrons. The minimum Gasteiger partial charge on any atom is -0.484 e. The van der Waals surface area contributed by atoms with Crippen LogP contribution in [0.5, 0.6) is 5.75 Å². The van der Waals surface area contributed by atoms with E-state index in [1.54, 1.807) is 29.2 Å². The van der Waals surface area contributed by atoms with Crippen molar-refractivity contribution in [3.63, 3.8) is 0 Å². The molecular formula is C20H21ClN2O4. The van der Waals surface area contributed by atoms with Crippen molar-refractivity contribution in [3.8, 4) is 5.75 Å². The van der Waals surface area contributed by atoms with Crippen molar-refractivity contribution < 1.29 is 19.1 Å². The molecular weight excluding hydrogens is 368 g/mol. The Labute approximate surface area is 163 Å². The molecule has 0 radical (unpaired) electrons. The summed E-state index contributed by atoms with van der Waals surface area (Å²) in [4.78, 5) is 27.9. The number of amides is 1. The molecule has 0 N–H and O–H groups in total. The molecule has 0 aromatic heterocycles. The van der Waals surface area contributed by atoms with Crippen molar-refractivity contribution in [2.45, 2.75) is 0 Å². The molecule has 1 aliphatic heterocycles. The summed E-state index contributed by atoms with van der Waals surface area (Å²) in [6.07, 6.45) is 0. The van der Waals surface area contributed by atoms with E-state index in [4.69, 9.17) is 16.3 Å². The van der Waals surface area contributed by atoms with E-state index in [2.05, 4.69) is 9.64 Å². The predicted octanol–water partition coefficient (Wildman–Crippen LogP) is 2.85. The fourth-order valence-electron chi connectivity index (χ4n) is 2.97. The fourth-order valence-corrected chi connectivity index (χ4v) is 3.23. The number of methoxy groups -OCH3 is 1. The second-order valence-electron chi connectivity index (χ2n) is 6.13. The average Bonchev–Trinajstić information content (AvgIpc) is 2.72. The van der Waals surface area contributed by atoms with Gasteiger partial charge >= 0.3 is 5.97 Å². The van der Waals surface area contributed by atoms with Gasteiger partial charge in [-0.1, -0.05) is 29.8 Å². The molecule has 1 heterocycles. The number of hydrogen-bond donors (Lipinski definition) is 0. The van der Waals surface area contributed by atoms with Crippen molar-refractivity contribution in [1.29, 1.82) is 0 Å². The average molecular weight is 389 g/mol. The van der Waals surface area contributed by atoms with E-state index in [9.17, 15) is 9.59 Å². The molecule has 0 spiro atoms. The van der Waals surface area contributed by atoms with E-state index in [-0.39, 0.29) is 12.5 Å². The zero-order valence-corrected chi connectivity index (χ0v) is 15.8. The normalized spacial score (nSPS) is 14.0. The molecule has 27 heavy (non-hydrogen) atoms. The SMILES string of the molecule is COC(=O)c1cccc(OCC(=O)N2CCN(c3ccccc3Cl)CC2)c1. The van der Waals surface area contributed by atoms with E-state index in [1.807, 2.05) is 24.3 Å². The molecule has 1 aliphatic rings. The maximum atomic E-state index is 12.4. The number of halogens is 1. The second kappa shape index (κ2) is 8.77. The van der Waals surface area contributed by atoms with Gasteiger partial charge in [-0.15, -0.1) is 0 Å². The quantitative estimate of drug-likeness (QED) is 0.737. The van der Waals surface area contributed by atoms with Gasteiger partial charge in [0, 0.05) is 26.2 Å². The van der Waals surface area contributed by atoms with Crippen LogP contribution in [0.4, 0.5) is 5.69 Å². The second-order valence-corrected chi connectivity index (χ2v) is 6.53. The van der Waals surface area contributed by atoms with E-state index in [0.29, 0.717) is 42.5 Å². The van der Waals surface area contributed by atoms with Crippen LogP contribution in [0.2, 0.25) is 5.02 Å². The van der Waals surface area contributed by atoms with Crippen LogP contribution in [0.25, 0.3) is 0 Å². The van der Waals surface area contributed by atoms with E-state index >= 15 is 0 Å². The largest absolute Gasteiger partial charge is 0.484 e. The Morgan fingerprint density at radius 3 is 2.48 bits per heavy atom. The smallest absolute Gasteiger partial charge is 0.337 e. The molecule has 0 saturated carbocycles. The molecule has 2 aromatic carbocycles. The zero-order valence-electron chi connectivity index (χ0n) is 15.1. The molecule has 0 atom stereocenters. The Morgan fingerprint density at radius 2 is 1.78 bits per heavy atom. The first-order valence-electron chi connectivity index (χ1n) is 8.67. The highest BCUT2D eigenvalue weighted by Gasteiger charge is 2.22. The highest BCUT2D eigenvalue weighted by molar-refractivity contribution is 6.33. The lowest BCUT2D eigenvalue weighted by molar-refractivity contribution is -0.133. The number of esters is 1. The van der Waals surface area contributed by atoms with E-state index in [0.717, 1.165) is 5.69 Å². The van der Waals surface area contributed by atoms with Crippen LogP contribution < -0.4 is 9.64 Å². The highest BCUT2D eigenvalue weighted by Crippen LogP contribution is 2.26. The van der Waals surface area contributed by atoms with Crippen molar-refractivity contribution in [1.82, 2.24) is 4.90 Å². The van der Waals surface area contributed by atoms with Crippen LogP contribution >= 0.6 is 11.6 Å². The molecule has 6 nitrogen and oxygen atoms in total. The van der Waals surface area contributed by atoms with Crippen molar-refractivity contribution in [3.05, 3.63) is 59.1 Å². The van der Waals surface area contributed by atoms with Gasteiger partial charge in [-0.3, -0.25) is 4.79 Å². The van der Waals surface area contributed by atoms with Gasteiger partial charge in [-0.2, -0.15) is 0 Å². The minimum absolute atomic E-state index is 0.0727. The summed E-state index contributed by atoms with van der Waals surface area (Å²) in [6, 6.07) is 14.3. The maximum absolute atomic E-state index is 12.4. The lowest BCUT2D eigenvalue weighted by Gasteiger charge is -2.36. The van der Waals surface area contributed by atoms with Crippen molar-refractivity contribution >= 4 is 29.2 Å². The molecule has 0 unspecified atom stereocenters. The third-order valence-electron chi connectivity index (χ3n) is 4.44. The predicted molar refractivity (Wildman–Crippen MR) is 104 cm³/mol. The summed E-state index contributed by atoms with van der Waals surface area (Å²) >= 11 is 6.24. The number of nitrogens with zero attached hydrogens (tertiary/aromatic N) is 2. The Morgan fingerprint density at radius 1 is 1.04 bits per heavy atom. The number of ether oxygens (including phenoxy) is 2. The number of piperazine rings is 1. The Bertz CT molecular complexity index is 819. The number of rotatable bonds is 5. The van der Waals surface area contributed by atoms with Crippen LogP contribution in [0, 0.1) is 0 Å². The summed E-state index contributed by atoms with van der Waals surface area (Å²) in [5.74, 6) is -0.0688. The van der Waals surface area contributed by atoms with E-state index < -0.39 is 5.97 Å². The fraction of sp³-hybridized carbons (Fsp3) is 0.300. The topological polar surface area (TPSA) is 59.1 Å². The lowest BCUT2D eigenvalue weighted by Crippen LogP contribution is -2.50. The Balaban J connectivity index is 1.51. The molecule has 3 rings (SSSR count). The molecule has 7 heteroatoms. The van der Waals surface area contributed by atoms with Crippen LogP contribution in [-0.4, -0.2) is 56.7 Å². The number of benzene rings is 2. The third-order valence-corrected chi connectivity index (χ3v) is 4.76. The van der Waals surface area contributed by atoms with Crippen LogP contribution in [-0.2, 0) is 9.53 Å². The molecule has 0 aliphatic carbocycles. The van der Waals surface area contributed by atoms with Gasteiger partial charge in [0.25, 0.3) is 5.91 Å². The van der Waals surface area contributed by atoms with Crippen LogP contribution in [0.1, 0.15) is 10.4 Å². The van der Waals surface area contributed by atoms with Gasteiger partial charge in [0.2, 0.25) is 0 Å². The Kier molecular flexibility index (Phi) is 6.19. The molecule has 1 fully saturated rings. The third kappa shape index (κ3) is 4.71. The summed E-state index contributed by atoms with van der Waals surface area (Å²) in [5.41, 5.74) is 1.37. The maximum Gasteiger partial charge on any atom is 0.337 e. The first kappa shape index (κ1) is 19.0. The van der Waals surface area contributed by atoms with Gasteiger partial charge < -0.3 is 19.3 Å². The molecule has 0 bridgehead atoms. The number of carbonyl (C=O) groups is 2. The van der Waals surface area contributed by atoms with Crippen molar-refractivity contribution in [2.75, 3.05) is 44.8 Å². The summed E-state index contributed by atoms with van der Waals surface area (Å²) < 4.78 is 10.2. The number of anilines is 1. The van der Waals surface area contributed by atoms with Gasteiger partial charge in [0.05, 0.1) is 23.4 Å². The van der Waals surface area contributed by atoms with Gasteiger partial charge in [0.15, 0.2) is 6.61 Å². The molecule has 2 aromatic rings. The zero-order chi connectivity index (χ0) is 19.2. The highest BCUT2D eigenvalue weighted by atomic mass is 35.5. The first-order chi connectivity index (χ1) is 13.1. The number of hydrogen-bond acceptors (Lipinski definition) is 5. The number of para-hydroxylation sites is 1. The standard InChI is InChI=1S/C20H21ClN2O4/c1-26-20(25)15-5-4-6-16(13-15)27-14-19(24)23-11-9-22(10-12-23)18-8-3-2-7-17(18)21/h2-8,13H,9-12,14H2,1H3. The Hall–Kier alpha value is -2.73. The van der Waals surface area contributed by atoms with Gasteiger partial charge in [0.1, 0.15) is 5.75 Å². The minimum atomic E-state index is -0.442. The van der Waals surface area contributed by atoms with Gasteiger partial charge in [-0.05, 0) is 30.3 Å². The monoisotopic (exact) mass is 388 g/mol. The lowest BCUT2D eigenvalue weighted by atomic mass is 10.2. The van der Waals surface area contributed by atoms with Gasteiger partial charge in [-0.25, -0.2) is 4.79 Å². The van der Waals surface area contributed by atoms with Crippen LogP contribution in [0.15, 0.2) is 48.5 Å². The summed E-state index contributed by atoms with van der Waals surface area (Å²) in [5, 5.41) is 0.714. The number of carbonyl (C=O) groups excluding carboxylic acids is 2.